The lowest BCUT2D eigenvalue weighted by Crippen LogP contribution is -2.29. The minimum atomic E-state index is -4.42. The Bertz CT molecular complexity index is 998. The Kier molecular flexibility index (Phi) is 5.08. The lowest BCUT2D eigenvalue weighted by atomic mass is 10.1. The van der Waals surface area contributed by atoms with E-state index in [9.17, 15) is 22.8 Å². The van der Waals surface area contributed by atoms with E-state index in [4.69, 9.17) is 0 Å². The highest BCUT2D eigenvalue weighted by Crippen LogP contribution is 2.29. The second kappa shape index (κ2) is 7.31. The fourth-order valence-corrected chi connectivity index (χ4v) is 2.91. The average molecular weight is 394 g/mol. The fraction of sp³-hybridized carbons (Fsp3) is 0.176. The summed E-state index contributed by atoms with van der Waals surface area (Å²) in [4.78, 5) is 34.8. The normalized spacial score (nSPS) is 12.6. The Morgan fingerprint density at radius 3 is 2.56 bits per heavy atom. The van der Waals surface area contributed by atoms with Crippen LogP contribution in [0.1, 0.15) is 34.6 Å². The van der Waals surface area contributed by atoms with Crippen LogP contribution in [0.2, 0.25) is 0 Å². The molecule has 0 unspecified atom stereocenters. The molecule has 1 atom stereocenters. The van der Waals surface area contributed by atoms with Crippen LogP contribution in [0.25, 0.3) is 10.8 Å². The molecular weight excluding hydrogens is 381 g/mol. The van der Waals surface area contributed by atoms with Gasteiger partial charge in [0.2, 0.25) is 0 Å². The van der Waals surface area contributed by atoms with Crippen LogP contribution in [0.4, 0.5) is 13.2 Å². The molecule has 0 fully saturated rings. The van der Waals surface area contributed by atoms with Crippen molar-refractivity contribution in [2.24, 2.45) is 0 Å². The van der Waals surface area contributed by atoms with Crippen LogP contribution < -0.4 is 10.9 Å². The smallest absolute Gasteiger partial charge is 0.344 e. The van der Waals surface area contributed by atoms with Gasteiger partial charge in [-0.25, -0.2) is 9.97 Å². The summed E-state index contributed by atoms with van der Waals surface area (Å²) in [5.74, 6) is -0.448. The van der Waals surface area contributed by atoms with E-state index in [1.165, 1.54) is 23.5 Å². The molecule has 1 aromatic carbocycles. The first kappa shape index (κ1) is 18.8. The van der Waals surface area contributed by atoms with Crippen molar-refractivity contribution in [3.8, 4) is 10.8 Å². The third kappa shape index (κ3) is 4.40. The van der Waals surface area contributed by atoms with E-state index in [0.29, 0.717) is 10.6 Å². The zero-order valence-corrected chi connectivity index (χ0v) is 14.7. The molecule has 140 valence electrons. The number of aromatic nitrogens is 3. The van der Waals surface area contributed by atoms with Gasteiger partial charge in [0.15, 0.2) is 10.8 Å². The third-order valence-electron chi connectivity index (χ3n) is 3.69. The number of rotatable bonds is 4. The number of hydrogen-bond donors (Lipinski definition) is 2. The quantitative estimate of drug-likeness (QED) is 0.710. The first-order valence-electron chi connectivity index (χ1n) is 7.73. The first-order valence-corrected chi connectivity index (χ1v) is 8.61. The van der Waals surface area contributed by atoms with E-state index in [-0.39, 0.29) is 11.5 Å². The summed E-state index contributed by atoms with van der Waals surface area (Å²) in [5, 5.41) is 4.78. The molecule has 2 heterocycles. The molecule has 10 heteroatoms. The van der Waals surface area contributed by atoms with Crippen molar-refractivity contribution in [1.82, 2.24) is 20.3 Å². The zero-order chi connectivity index (χ0) is 19.6. The minimum Gasteiger partial charge on any atom is -0.344 e. The van der Waals surface area contributed by atoms with Gasteiger partial charge in [-0.05, 0) is 24.6 Å². The van der Waals surface area contributed by atoms with Crippen LogP contribution >= 0.6 is 11.3 Å². The van der Waals surface area contributed by atoms with Crippen LogP contribution in [0.3, 0.4) is 0 Å². The molecule has 2 aromatic heterocycles. The SMILES string of the molecule is C[C@@H](NC(=O)c1cc(=O)[nH]c(-c2nccs2)n1)c1ccc(C(F)(F)F)cc1. The number of H-pyrrole nitrogens is 1. The standard InChI is InChI=1S/C17H13F3N4O2S/c1-9(10-2-4-11(5-3-10)17(18,19)20)22-15(26)12-8-13(25)24-14(23-12)16-21-6-7-27-16/h2-9H,1H3,(H,22,26)(H,23,24,25)/t9-/m1/s1. The van der Waals surface area contributed by atoms with E-state index in [1.54, 1.807) is 18.5 Å². The van der Waals surface area contributed by atoms with E-state index in [0.717, 1.165) is 18.2 Å². The first-order chi connectivity index (χ1) is 12.7. The number of alkyl halides is 3. The maximum absolute atomic E-state index is 12.6. The maximum atomic E-state index is 12.6. The summed E-state index contributed by atoms with van der Waals surface area (Å²) >= 11 is 1.25. The second-order valence-corrected chi connectivity index (χ2v) is 6.53. The van der Waals surface area contributed by atoms with Crippen LogP contribution in [-0.4, -0.2) is 20.9 Å². The van der Waals surface area contributed by atoms with Gasteiger partial charge in [-0.2, -0.15) is 13.2 Å². The maximum Gasteiger partial charge on any atom is 0.416 e. The molecule has 6 nitrogen and oxygen atoms in total. The molecule has 0 radical (unpaired) electrons. The Morgan fingerprint density at radius 2 is 1.96 bits per heavy atom. The Hall–Kier alpha value is -3.01. The van der Waals surface area contributed by atoms with Crippen molar-refractivity contribution >= 4 is 17.2 Å². The van der Waals surface area contributed by atoms with Crippen molar-refractivity contribution in [3.63, 3.8) is 0 Å². The summed E-state index contributed by atoms with van der Waals surface area (Å²) in [6, 6.07) is 4.95. The van der Waals surface area contributed by atoms with Crippen molar-refractivity contribution < 1.29 is 18.0 Å². The number of thiazole rings is 1. The van der Waals surface area contributed by atoms with Gasteiger partial charge in [-0.1, -0.05) is 12.1 Å². The van der Waals surface area contributed by atoms with E-state index < -0.39 is 29.2 Å². The molecule has 0 aliphatic rings. The zero-order valence-electron chi connectivity index (χ0n) is 13.9. The number of aromatic amines is 1. The molecule has 0 bridgehead atoms. The molecular formula is C17H13F3N4O2S. The molecule has 0 saturated carbocycles. The average Bonchev–Trinajstić information content (AvgIpc) is 3.15. The molecule has 0 aliphatic heterocycles. The summed E-state index contributed by atoms with van der Waals surface area (Å²) in [6.07, 6.45) is -2.88. The van der Waals surface area contributed by atoms with Crippen LogP contribution in [-0.2, 0) is 6.18 Å². The number of halogens is 3. The summed E-state index contributed by atoms with van der Waals surface area (Å²) in [6.45, 7) is 1.62. The predicted molar refractivity (Wildman–Crippen MR) is 93.3 cm³/mol. The highest BCUT2D eigenvalue weighted by molar-refractivity contribution is 7.13. The number of hydrogen-bond acceptors (Lipinski definition) is 5. The molecule has 3 rings (SSSR count). The Morgan fingerprint density at radius 1 is 1.26 bits per heavy atom. The van der Waals surface area contributed by atoms with Crippen LogP contribution in [0.5, 0.6) is 0 Å². The number of nitrogens with zero attached hydrogens (tertiary/aromatic N) is 2. The van der Waals surface area contributed by atoms with Gasteiger partial charge in [-0.3, -0.25) is 9.59 Å². The topological polar surface area (TPSA) is 87.7 Å². The molecule has 1 amide bonds. The third-order valence-corrected chi connectivity index (χ3v) is 4.47. The number of benzene rings is 1. The Labute approximate surface area is 155 Å². The largest absolute Gasteiger partial charge is 0.416 e. The van der Waals surface area contributed by atoms with Gasteiger partial charge in [0.1, 0.15) is 5.69 Å². The van der Waals surface area contributed by atoms with Crippen LogP contribution in [0.15, 0.2) is 46.7 Å². The summed E-state index contributed by atoms with van der Waals surface area (Å²) in [5.41, 5.74) is -0.902. The van der Waals surface area contributed by atoms with Gasteiger partial charge in [0.05, 0.1) is 11.6 Å². The molecule has 0 aliphatic carbocycles. The molecule has 0 saturated heterocycles. The van der Waals surface area contributed by atoms with Gasteiger partial charge >= 0.3 is 6.18 Å². The second-order valence-electron chi connectivity index (χ2n) is 5.63. The van der Waals surface area contributed by atoms with Crippen molar-refractivity contribution in [2.45, 2.75) is 19.1 Å². The molecule has 27 heavy (non-hydrogen) atoms. The fourth-order valence-electron chi connectivity index (χ4n) is 2.33. The van der Waals surface area contributed by atoms with E-state index in [2.05, 4.69) is 20.3 Å². The number of carbonyl (C=O) groups is 1. The minimum absolute atomic E-state index is 0.109. The highest BCUT2D eigenvalue weighted by Gasteiger charge is 2.30. The monoisotopic (exact) mass is 394 g/mol. The van der Waals surface area contributed by atoms with E-state index in [1.807, 2.05) is 0 Å². The number of nitrogens with one attached hydrogen (secondary N) is 2. The van der Waals surface area contributed by atoms with Gasteiger partial charge in [0, 0.05) is 17.6 Å². The highest BCUT2D eigenvalue weighted by atomic mass is 32.1. The van der Waals surface area contributed by atoms with E-state index >= 15 is 0 Å². The summed E-state index contributed by atoms with van der Waals surface area (Å²) in [7, 11) is 0. The van der Waals surface area contributed by atoms with Crippen molar-refractivity contribution in [2.75, 3.05) is 0 Å². The van der Waals surface area contributed by atoms with Crippen molar-refractivity contribution in [3.05, 3.63) is 69.1 Å². The van der Waals surface area contributed by atoms with Gasteiger partial charge in [0.25, 0.3) is 11.5 Å². The lowest BCUT2D eigenvalue weighted by Gasteiger charge is -2.15. The van der Waals surface area contributed by atoms with Crippen LogP contribution in [0, 0.1) is 0 Å². The van der Waals surface area contributed by atoms with Gasteiger partial charge in [-0.15, -0.1) is 11.3 Å². The number of carbonyl (C=O) groups excluding carboxylic acids is 1. The predicted octanol–water partition coefficient (Wildman–Crippen LogP) is 3.40. The lowest BCUT2D eigenvalue weighted by molar-refractivity contribution is -0.137. The number of amides is 1. The molecule has 3 aromatic rings. The molecule has 2 N–H and O–H groups in total. The molecule has 0 spiro atoms. The van der Waals surface area contributed by atoms with Gasteiger partial charge < -0.3 is 10.3 Å². The van der Waals surface area contributed by atoms with Crippen molar-refractivity contribution in [1.29, 1.82) is 0 Å². The summed E-state index contributed by atoms with van der Waals surface area (Å²) < 4.78 is 37.9. The Balaban J connectivity index is 1.78.